The molecule has 0 spiro atoms. The van der Waals surface area contributed by atoms with Crippen LogP contribution in [-0.4, -0.2) is 26.4 Å². The first kappa shape index (κ1) is 20.9. The van der Waals surface area contributed by atoms with E-state index < -0.39 is 0 Å². The first-order chi connectivity index (χ1) is 15.7. The smallest absolute Gasteiger partial charge is 0.231 e. The summed E-state index contributed by atoms with van der Waals surface area (Å²) < 4.78 is 15.5. The number of nitrogens with one attached hydrogen (secondary N) is 1. The van der Waals surface area contributed by atoms with E-state index in [0.717, 1.165) is 34.8 Å². The lowest BCUT2D eigenvalue weighted by molar-refractivity contribution is -0.119. The molecule has 1 N–H and O–H groups in total. The Labute approximate surface area is 193 Å². The van der Waals surface area contributed by atoms with E-state index in [9.17, 15) is 9.18 Å². The molecule has 1 fully saturated rings. The number of thioether (sulfide) groups is 1. The number of carbonyl (C=O) groups excluding carboxylic acids is 1. The second-order valence-electron chi connectivity index (χ2n) is 7.64. The predicted octanol–water partition coefficient (Wildman–Crippen LogP) is 5.34. The van der Waals surface area contributed by atoms with Crippen LogP contribution in [0.15, 0.2) is 77.3 Å². The number of thiophene rings is 1. The molecule has 32 heavy (non-hydrogen) atoms. The Bertz CT molecular complexity index is 1190. The molecule has 2 heterocycles. The van der Waals surface area contributed by atoms with Crippen LogP contribution in [0.4, 0.5) is 4.39 Å². The lowest BCUT2D eigenvalue weighted by Crippen LogP contribution is -2.30. The maximum atomic E-state index is 13.4. The fraction of sp³-hybridized carbons (Fsp3) is 0.208. The Morgan fingerprint density at radius 2 is 1.88 bits per heavy atom. The van der Waals surface area contributed by atoms with E-state index >= 15 is 0 Å². The molecule has 1 aliphatic carbocycles. The topological polar surface area (TPSA) is 59.8 Å². The van der Waals surface area contributed by atoms with Crippen LogP contribution in [0.25, 0.3) is 5.69 Å². The molecule has 1 saturated carbocycles. The molecule has 1 aliphatic rings. The molecule has 1 amide bonds. The summed E-state index contributed by atoms with van der Waals surface area (Å²) in [6, 6.07) is 19.9. The van der Waals surface area contributed by atoms with Crippen LogP contribution in [0, 0.1) is 5.82 Å². The van der Waals surface area contributed by atoms with Gasteiger partial charge in [0.2, 0.25) is 5.91 Å². The van der Waals surface area contributed by atoms with Gasteiger partial charge in [-0.3, -0.25) is 9.36 Å². The highest BCUT2D eigenvalue weighted by Crippen LogP contribution is 2.41. The normalized spacial score (nSPS) is 14.3. The van der Waals surface area contributed by atoms with Crippen LogP contribution >= 0.6 is 23.1 Å². The summed E-state index contributed by atoms with van der Waals surface area (Å²) in [5, 5.41) is 14.6. The van der Waals surface area contributed by atoms with Crippen LogP contribution < -0.4 is 5.32 Å². The van der Waals surface area contributed by atoms with E-state index in [1.54, 1.807) is 23.5 Å². The molecule has 162 valence electrons. The molecule has 0 bridgehead atoms. The van der Waals surface area contributed by atoms with Crippen LogP contribution in [0.1, 0.15) is 41.1 Å². The van der Waals surface area contributed by atoms with E-state index in [1.807, 2.05) is 47.8 Å². The van der Waals surface area contributed by atoms with Gasteiger partial charge in [0.05, 0.1) is 11.8 Å². The minimum absolute atomic E-state index is 0.117. The van der Waals surface area contributed by atoms with Crippen molar-refractivity contribution in [3.8, 4) is 5.69 Å². The van der Waals surface area contributed by atoms with E-state index in [0.29, 0.717) is 11.1 Å². The third-order valence-corrected chi connectivity index (χ3v) is 7.15. The highest BCUT2D eigenvalue weighted by molar-refractivity contribution is 7.99. The number of nitrogens with zero attached hydrogens (tertiary/aromatic N) is 3. The van der Waals surface area contributed by atoms with E-state index in [2.05, 4.69) is 20.1 Å². The Morgan fingerprint density at radius 1 is 1.09 bits per heavy atom. The van der Waals surface area contributed by atoms with Gasteiger partial charge in [0.25, 0.3) is 0 Å². The fourth-order valence-corrected chi connectivity index (χ4v) is 5.14. The maximum absolute atomic E-state index is 13.4. The van der Waals surface area contributed by atoms with Crippen molar-refractivity contribution in [1.82, 2.24) is 20.1 Å². The van der Waals surface area contributed by atoms with E-state index in [1.165, 1.54) is 23.9 Å². The zero-order valence-corrected chi connectivity index (χ0v) is 18.8. The molecule has 0 unspecified atom stereocenters. The zero-order chi connectivity index (χ0) is 21.9. The van der Waals surface area contributed by atoms with Crippen molar-refractivity contribution in [3.05, 3.63) is 94.2 Å². The fourth-order valence-electron chi connectivity index (χ4n) is 3.56. The summed E-state index contributed by atoms with van der Waals surface area (Å²) in [5.41, 5.74) is 1.85. The van der Waals surface area contributed by atoms with Gasteiger partial charge in [-0.25, -0.2) is 4.39 Å². The third-order valence-electron chi connectivity index (χ3n) is 5.28. The van der Waals surface area contributed by atoms with Crippen molar-refractivity contribution >= 4 is 29.0 Å². The van der Waals surface area contributed by atoms with Crippen molar-refractivity contribution in [2.45, 2.75) is 30.0 Å². The minimum atomic E-state index is -0.322. The second kappa shape index (κ2) is 9.26. The molecule has 1 atom stereocenters. The maximum Gasteiger partial charge on any atom is 0.231 e. The Hall–Kier alpha value is -2.97. The van der Waals surface area contributed by atoms with Gasteiger partial charge in [-0.15, -0.1) is 21.5 Å². The van der Waals surface area contributed by atoms with Gasteiger partial charge in [-0.05, 0) is 54.1 Å². The Balaban J connectivity index is 1.33. The zero-order valence-electron chi connectivity index (χ0n) is 17.1. The lowest BCUT2D eigenvalue weighted by atomic mass is 10.1. The molecule has 0 aliphatic heterocycles. The van der Waals surface area contributed by atoms with Crippen molar-refractivity contribution in [3.63, 3.8) is 0 Å². The van der Waals surface area contributed by atoms with Crippen LogP contribution in [0.3, 0.4) is 0 Å². The van der Waals surface area contributed by atoms with Gasteiger partial charge >= 0.3 is 0 Å². The van der Waals surface area contributed by atoms with Gasteiger partial charge in [0.1, 0.15) is 11.6 Å². The molecule has 8 heteroatoms. The van der Waals surface area contributed by atoms with Crippen molar-refractivity contribution in [2.75, 3.05) is 5.75 Å². The van der Waals surface area contributed by atoms with Crippen LogP contribution in [0.2, 0.25) is 0 Å². The summed E-state index contributed by atoms with van der Waals surface area (Å²) in [5.74, 6) is 1.19. The summed E-state index contributed by atoms with van der Waals surface area (Å²) in [7, 11) is 0. The average Bonchev–Trinajstić information content (AvgIpc) is 3.34. The molecule has 2 aromatic carbocycles. The highest BCUT2D eigenvalue weighted by Gasteiger charge is 2.31. The molecular formula is C24H21FN4OS2. The quantitative estimate of drug-likeness (QED) is 0.358. The van der Waals surface area contributed by atoms with Gasteiger partial charge < -0.3 is 5.32 Å². The second-order valence-corrected chi connectivity index (χ2v) is 9.56. The average molecular weight is 465 g/mol. The molecule has 2 aromatic heterocycles. The molecule has 4 aromatic rings. The van der Waals surface area contributed by atoms with E-state index in [4.69, 9.17) is 0 Å². The largest absolute Gasteiger partial charge is 0.344 e. The Morgan fingerprint density at radius 3 is 2.56 bits per heavy atom. The van der Waals surface area contributed by atoms with Crippen molar-refractivity contribution < 1.29 is 9.18 Å². The van der Waals surface area contributed by atoms with Crippen molar-refractivity contribution in [2.24, 2.45) is 0 Å². The lowest BCUT2D eigenvalue weighted by Gasteiger charge is -2.18. The van der Waals surface area contributed by atoms with Crippen molar-refractivity contribution in [1.29, 1.82) is 0 Å². The summed E-state index contributed by atoms with van der Waals surface area (Å²) in [6.45, 7) is 0. The number of aromatic nitrogens is 3. The van der Waals surface area contributed by atoms with E-state index in [-0.39, 0.29) is 23.5 Å². The van der Waals surface area contributed by atoms with Gasteiger partial charge in [0, 0.05) is 16.5 Å². The minimum Gasteiger partial charge on any atom is -0.344 e. The first-order valence-electron chi connectivity index (χ1n) is 10.4. The van der Waals surface area contributed by atoms with Gasteiger partial charge in [-0.2, -0.15) is 0 Å². The molecule has 5 nitrogen and oxygen atoms in total. The van der Waals surface area contributed by atoms with Gasteiger partial charge in [0.15, 0.2) is 5.16 Å². The number of hydrogen-bond acceptors (Lipinski definition) is 5. The number of para-hydroxylation sites is 1. The predicted molar refractivity (Wildman–Crippen MR) is 125 cm³/mol. The molecule has 5 rings (SSSR count). The standard InChI is InChI=1S/C24H21FN4OS2/c25-18-12-10-16(11-13-18)22(20-7-4-14-31-20)26-21(30)15-32-24-28-27-23(17-8-9-17)29(24)19-5-2-1-3-6-19/h1-7,10-14,17,22H,8-9,15H2,(H,26,30)/t22-/m0/s1. The summed E-state index contributed by atoms with van der Waals surface area (Å²) in [4.78, 5) is 13.9. The number of hydrogen-bond donors (Lipinski definition) is 1. The first-order valence-corrected chi connectivity index (χ1v) is 12.3. The molecular weight excluding hydrogens is 443 g/mol. The number of carbonyl (C=O) groups is 1. The number of amides is 1. The summed E-state index contributed by atoms with van der Waals surface area (Å²) in [6.07, 6.45) is 2.24. The monoisotopic (exact) mass is 464 g/mol. The Kier molecular flexibility index (Phi) is 6.05. The number of halogens is 1. The number of benzene rings is 2. The third kappa shape index (κ3) is 4.61. The molecule has 0 saturated heterocycles. The van der Waals surface area contributed by atoms with Gasteiger partial charge in [-0.1, -0.05) is 48.2 Å². The highest BCUT2D eigenvalue weighted by atomic mass is 32.2. The van der Waals surface area contributed by atoms with Crippen LogP contribution in [-0.2, 0) is 4.79 Å². The number of rotatable bonds is 8. The molecule has 0 radical (unpaired) electrons. The summed E-state index contributed by atoms with van der Waals surface area (Å²) >= 11 is 2.93. The SMILES string of the molecule is O=C(CSc1nnc(C2CC2)n1-c1ccccc1)N[C@@H](c1ccc(F)cc1)c1cccs1. The van der Waals surface area contributed by atoms with Crippen LogP contribution in [0.5, 0.6) is 0 Å².